The van der Waals surface area contributed by atoms with Gasteiger partial charge in [0.15, 0.2) is 26.7 Å². The molecule has 19 heteroatoms. The molecular weight excluding hydrogens is 681 g/mol. The Kier molecular flexibility index (Phi) is 9.94. The topological polar surface area (TPSA) is 213 Å². The maximum absolute atomic E-state index is 13.1. The fourth-order valence-electron chi connectivity index (χ4n) is 4.44. The van der Waals surface area contributed by atoms with Crippen molar-refractivity contribution in [2.75, 3.05) is 24.3 Å². The Balaban J connectivity index is 1.28. The van der Waals surface area contributed by atoms with Gasteiger partial charge >= 0.3 is 17.9 Å². The van der Waals surface area contributed by atoms with Crippen LogP contribution in [0.15, 0.2) is 49.7 Å². The number of nitrogen functional groups attached to an aromatic ring is 1. The number of carboxylic acid groups (broad SMARTS) is 1. The molecule has 0 radical (unpaired) electrons. The highest BCUT2D eigenvalue weighted by atomic mass is 32.2. The van der Waals surface area contributed by atoms with E-state index in [9.17, 15) is 29.1 Å². The van der Waals surface area contributed by atoms with Crippen LogP contribution in [0.2, 0.25) is 0 Å². The lowest BCUT2D eigenvalue weighted by Gasteiger charge is -2.49. The molecule has 0 spiro atoms. The van der Waals surface area contributed by atoms with Gasteiger partial charge in [0.2, 0.25) is 0 Å². The second-order valence-corrected chi connectivity index (χ2v) is 13.5. The lowest BCUT2D eigenvalue weighted by atomic mass is 10.0. The smallest absolute Gasteiger partial charge is 0.352 e. The summed E-state index contributed by atoms with van der Waals surface area (Å²) in [5.41, 5.74) is 7.24. The van der Waals surface area contributed by atoms with Crippen LogP contribution in [0.3, 0.4) is 0 Å². The Morgan fingerprint density at radius 2 is 1.87 bits per heavy atom. The minimum absolute atomic E-state index is 0.0659. The van der Waals surface area contributed by atoms with Crippen LogP contribution < -0.4 is 20.5 Å². The SMILES string of the molecule is CO/N=C(\C(=O)N[C@@H]1C(=O)N2C(C(=O)O)=C(CSc3nc(-c4ccc(OC(C)=O)c(OC(C)=O)c4)cs3)CS[C@H]12)c1csc(N)n1. The van der Waals surface area contributed by atoms with Crippen molar-refractivity contribution in [1.29, 1.82) is 0 Å². The van der Waals surface area contributed by atoms with E-state index in [1.165, 1.54) is 78.2 Å². The molecule has 2 atom stereocenters. The maximum Gasteiger partial charge on any atom is 0.352 e. The van der Waals surface area contributed by atoms with Gasteiger partial charge < -0.3 is 30.5 Å². The number of carboxylic acids is 1. The molecule has 46 heavy (non-hydrogen) atoms. The van der Waals surface area contributed by atoms with Crippen molar-refractivity contribution in [3.05, 3.63) is 45.9 Å². The van der Waals surface area contributed by atoms with Crippen molar-refractivity contribution in [2.45, 2.75) is 29.6 Å². The van der Waals surface area contributed by atoms with E-state index in [1.54, 1.807) is 11.4 Å². The summed E-state index contributed by atoms with van der Waals surface area (Å²) in [5.74, 6) is -3.00. The number of oxime groups is 1. The number of thioether (sulfide) groups is 2. The zero-order valence-corrected chi connectivity index (χ0v) is 27.4. The van der Waals surface area contributed by atoms with Crippen LogP contribution in [0, 0.1) is 0 Å². The van der Waals surface area contributed by atoms with Gasteiger partial charge in [0, 0.05) is 41.7 Å². The summed E-state index contributed by atoms with van der Waals surface area (Å²) in [6.07, 6.45) is 0. The van der Waals surface area contributed by atoms with Gasteiger partial charge in [0.05, 0.1) is 5.69 Å². The van der Waals surface area contributed by atoms with Gasteiger partial charge in [0.25, 0.3) is 11.8 Å². The average Bonchev–Trinajstić information content (AvgIpc) is 3.66. The van der Waals surface area contributed by atoms with Crippen LogP contribution >= 0.6 is 46.2 Å². The van der Waals surface area contributed by atoms with E-state index >= 15 is 0 Å². The highest BCUT2D eigenvalue weighted by Gasteiger charge is 2.54. The fourth-order valence-corrected chi connectivity index (χ4v) is 8.31. The minimum Gasteiger partial charge on any atom is -0.477 e. The van der Waals surface area contributed by atoms with Gasteiger partial charge in [-0.15, -0.1) is 34.4 Å². The van der Waals surface area contributed by atoms with E-state index in [0.717, 1.165) is 11.3 Å². The number of anilines is 1. The van der Waals surface area contributed by atoms with Crippen LogP contribution in [0.25, 0.3) is 11.3 Å². The lowest BCUT2D eigenvalue weighted by molar-refractivity contribution is -0.150. The van der Waals surface area contributed by atoms with Gasteiger partial charge in [-0.1, -0.05) is 16.9 Å². The summed E-state index contributed by atoms with van der Waals surface area (Å²) in [5, 5.41) is 19.3. The minimum atomic E-state index is -1.26. The zero-order valence-electron chi connectivity index (χ0n) is 24.2. The van der Waals surface area contributed by atoms with Crippen molar-refractivity contribution in [2.24, 2.45) is 5.16 Å². The third kappa shape index (κ3) is 7.01. The van der Waals surface area contributed by atoms with E-state index in [4.69, 9.17) is 20.0 Å². The van der Waals surface area contributed by atoms with Crippen LogP contribution in [-0.2, 0) is 28.8 Å². The maximum atomic E-state index is 13.1. The fraction of sp³-hybridized carbons (Fsp3) is 0.259. The largest absolute Gasteiger partial charge is 0.477 e. The standard InChI is InChI=1S/C27H24N6O9S4/c1-11(34)41-17-5-4-13(6-18(17)42-12(2)35)15-9-46-27(30-15)45-8-14-7-43-24-20(23(37)33(24)21(14)25(38)39)31-22(36)19(32-40-3)16-10-44-26(28)29-16/h4-6,9-10,20,24H,7-8H2,1-3H3,(H2,28,29)(H,31,36)(H,38,39)/b32-19-/t20-,24-/m1/s1. The third-order valence-corrected chi connectivity index (χ3v) is 10.4. The number of aromatic nitrogens is 2. The van der Waals surface area contributed by atoms with Gasteiger partial charge in [-0.3, -0.25) is 24.1 Å². The molecule has 0 unspecified atom stereocenters. The molecule has 2 aliphatic heterocycles. The Morgan fingerprint density at radius 3 is 2.52 bits per heavy atom. The van der Waals surface area contributed by atoms with Crippen molar-refractivity contribution >= 4 is 86.8 Å². The zero-order chi connectivity index (χ0) is 33.1. The molecule has 0 bridgehead atoms. The molecule has 1 saturated heterocycles. The average molecular weight is 705 g/mol. The summed E-state index contributed by atoms with van der Waals surface area (Å²) in [6, 6.07) is 3.72. The molecule has 0 aliphatic carbocycles. The highest BCUT2D eigenvalue weighted by Crippen LogP contribution is 2.42. The Bertz CT molecular complexity index is 1800. The van der Waals surface area contributed by atoms with E-state index in [0.29, 0.717) is 26.9 Å². The second-order valence-electron chi connectivity index (χ2n) is 9.45. The van der Waals surface area contributed by atoms with Crippen molar-refractivity contribution < 1.29 is 43.4 Å². The number of amides is 2. The first-order valence-corrected chi connectivity index (χ1v) is 16.9. The summed E-state index contributed by atoms with van der Waals surface area (Å²) in [6.45, 7) is 2.46. The number of rotatable bonds is 11. The molecule has 15 nitrogen and oxygen atoms in total. The van der Waals surface area contributed by atoms with Crippen LogP contribution in [0.4, 0.5) is 5.13 Å². The molecule has 3 aromatic rings. The molecule has 1 aromatic carbocycles. The quantitative estimate of drug-likeness (QED) is 0.0654. The van der Waals surface area contributed by atoms with Crippen molar-refractivity contribution in [3.63, 3.8) is 0 Å². The van der Waals surface area contributed by atoms with Crippen LogP contribution in [0.5, 0.6) is 11.5 Å². The number of esters is 2. The van der Waals surface area contributed by atoms with Crippen LogP contribution in [0.1, 0.15) is 19.5 Å². The number of hydrogen-bond donors (Lipinski definition) is 3. The van der Waals surface area contributed by atoms with Gasteiger partial charge in [-0.05, 0) is 23.8 Å². The number of carbonyl (C=O) groups excluding carboxylic acids is 4. The number of fused-ring (bicyclic) bond motifs is 1. The monoisotopic (exact) mass is 704 g/mol. The summed E-state index contributed by atoms with van der Waals surface area (Å²) >= 11 is 5.06. The van der Waals surface area contributed by atoms with E-state index in [1.807, 2.05) is 0 Å². The predicted molar refractivity (Wildman–Crippen MR) is 171 cm³/mol. The van der Waals surface area contributed by atoms with Gasteiger partial charge in [0.1, 0.15) is 29.9 Å². The first kappa shape index (κ1) is 32.9. The molecule has 2 aromatic heterocycles. The highest BCUT2D eigenvalue weighted by molar-refractivity contribution is 8.01. The van der Waals surface area contributed by atoms with Crippen molar-refractivity contribution in [1.82, 2.24) is 20.2 Å². The third-order valence-electron chi connectivity index (χ3n) is 6.30. The molecule has 240 valence electrons. The number of thiazole rings is 2. The van der Waals surface area contributed by atoms with E-state index < -0.39 is 41.1 Å². The lowest BCUT2D eigenvalue weighted by Crippen LogP contribution is -2.71. The molecule has 2 amide bonds. The summed E-state index contributed by atoms with van der Waals surface area (Å²) in [7, 11) is 1.26. The number of nitrogens with zero attached hydrogens (tertiary/aromatic N) is 4. The number of ether oxygens (including phenoxy) is 2. The number of aliphatic carboxylic acids is 1. The first-order chi connectivity index (χ1) is 22.0. The first-order valence-electron chi connectivity index (χ1n) is 13.1. The van der Waals surface area contributed by atoms with Crippen LogP contribution in [-0.4, -0.2) is 85.4 Å². The normalized spacial score (nSPS) is 17.6. The molecule has 2 aliphatic rings. The number of nitrogens with one attached hydrogen (secondary N) is 1. The second kappa shape index (κ2) is 13.9. The Labute approximate surface area is 277 Å². The van der Waals surface area contributed by atoms with Gasteiger partial charge in [-0.2, -0.15) is 0 Å². The van der Waals surface area contributed by atoms with Crippen molar-refractivity contribution in [3.8, 4) is 22.8 Å². The molecule has 4 N–H and O–H groups in total. The molecular formula is C27H24N6O9S4. The Morgan fingerprint density at radius 1 is 1.13 bits per heavy atom. The molecule has 4 heterocycles. The van der Waals surface area contributed by atoms with E-state index in [-0.39, 0.29) is 39.5 Å². The number of carbonyl (C=O) groups is 5. The number of nitrogens with two attached hydrogens (primary N) is 1. The summed E-state index contributed by atoms with van der Waals surface area (Å²) in [4.78, 5) is 76.0. The number of hydrogen-bond acceptors (Lipinski definition) is 16. The number of β-lactam (4-membered cyclic amide) rings is 1. The molecule has 5 rings (SSSR count). The Hall–Kier alpha value is -4.46. The van der Waals surface area contributed by atoms with E-state index in [2.05, 4.69) is 20.4 Å². The summed E-state index contributed by atoms with van der Waals surface area (Å²) < 4.78 is 10.9. The molecule has 0 saturated carbocycles. The molecule has 1 fully saturated rings. The number of benzene rings is 1. The predicted octanol–water partition coefficient (Wildman–Crippen LogP) is 2.58. The van der Waals surface area contributed by atoms with Gasteiger partial charge in [-0.25, -0.2) is 14.8 Å².